The van der Waals surface area contributed by atoms with Crippen LogP contribution in [0.4, 0.5) is 0 Å². The van der Waals surface area contributed by atoms with Gasteiger partial charge in [0.1, 0.15) is 0 Å². The van der Waals surface area contributed by atoms with Crippen molar-refractivity contribution in [1.82, 2.24) is 4.90 Å². The van der Waals surface area contributed by atoms with Crippen LogP contribution in [0.5, 0.6) is 0 Å². The maximum Gasteiger partial charge on any atom is 0.219 e. The van der Waals surface area contributed by atoms with Gasteiger partial charge in [0.2, 0.25) is 5.91 Å². The van der Waals surface area contributed by atoms with Crippen LogP contribution in [0, 0.1) is 5.92 Å². The quantitative estimate of drug-likeness (QED) is 0.676. The molecule has 0 N–H and O–H groups in total. The van der Waals surface area contributed by atoms with Gasteiger partial charge in [0.15, 0.2) is 0 Å². The summed E-state index contributed by atoms with van der Waals surface area (Å²) in [6.07, 6.45) is 9.29. The molecule has 0 aromatic rings. The van der Waals surface area contributed by atoms with E-state index < -0.39 is 0 Å². The van der Waals surface area contributed by atoms with Gasteiger partial charge in [-0.25, -0.2) is 0 Å². The van der Waals surface area contributed by atoms with Crippen molar-refractivity contribution in [3.63, 3.8) is 0 Å². The number of carbonyl (C=O) groups is 1. The molecule has 0 aromatic carbocycles. The third kappa shape index (κ3) is 4.67. The second-order valence-electron chi connectivity index (χ2n) is 5.43. The fraction of sp³-hybridized carbons (Fsp3) is 0.688. The van der Waals surface area contributed by atoms with Crippen molar-refractivity contribution in [2.75, 3.05) is 13.1 Å². The molecule has 0 spiro atoms. The first-order valence-electron chi connectivity index (χ1n) is 7.12. The molecule has 0 aromatic heterocycles. The molecule has 1 atom stereocenters. The third-order valence-electron chi connectivity index (χ3n) is 3.85. The average Bonchev–Trinajstić information content (AvgIpc) is 2.34. The Balaban J connectivity index is 2.52. The van der Waals surface area contributed by atoms with Crippen molar-refractivity contribution >= 4 is 5.91 Å². The molecular formula is C16H27NO. The molecule has 0 heterocycles. The van der Waals surface area contributed by atoms with Crippen molar-refractivity contribution in [3.05, 3.63) is 23.3 Å². The van der Waals surface area contributed by atoms with Crippen LogP contribution in [-0.2, 0) is 4.79 Å². The molecule has 1 aliphatic carbocycles. The molecule has 0 saturated heterocycles. The Morgan fingerprint density at radius 1 is 1.50 bits per heavy atom. The van der Waals surface area contributed by atoms with E-state index in [9.17, 15) is 4.79 Å². The minimum absolute atomic E-state index is 0.181. The molecule has 0 aliphatic heterocycles. The first-order valence-corrected chi connectivity index (χ1v) is 7.12. The molecule has 0 radical (unpaired) electrons. The Hall–Kier alpha value is -1.05. The molecule has 102 valence electrons. The highest BCUT2D eigenvalue weighted by atomic mass is 16.2. The lowest BCUT2D eigenvalue weighted by Gasteiger charge is -2.23. The minimum atomic E-state index is 0.181. The maximum absolute atomic E-state index is 11.5. The van der Waals surface area contributed by atoms with E-state index >= 15 is 0 Å². The number of allylic oxidation sites excluding steroid dienone is 3. The highest BCUT2D eigenvalue weighted by Crippen LogP contribution is 2.28. The number of carbonyl (C=O) groups excluding carboxylic acids is 1. The predicted octanol–water partition coefficient (Wildman–Crippen LogP) is 3.94. The fourth-order valence-electron chi connectivity index (χ4n) is 2.45. The number of nitrogens with zero attached hydrogens (tertiary/aromatic N) is 1. The number of rotatable bonds is 5. The zero-order valence-electron chi connectivity index (χ0n) is 12.3. The summed E-state index contributed by atoms with van der Waals surface area (Å²) in [5.74, 6) is 0.865. The van der Waals surface area contributed by atoms with E-state index in [0.717, 1.165) is 19.5 Å². The van der Waals surface area contributed by atoms with Crippen LogP contribution >= 0.6 is 0 Å². The summed E-state index contributed by atoms with van der Waals surface area (Å²) < 4.78 is 0. The van der Waals surface area contributed by atoms with Crippen LogP contribution in [0.1, 0.15) is 53.4 Å². The molecule has 1 amide bonds. The lowest BCUT2D eigenvalue weighted by Crippen LogP contribution is -2.29. The first-order chi connectivity index (χ1) is 8.54. The average molecular weight is 249 g/mol. The molecule has 1 rings (SSSR count). The molecule has 1 unspecified atom stereocenters. The van der Waals surface area contributed by atoms with Crippen LogP contribution in [-0.4, -0.2) is 23.9 Å². The van der Waals surface area contributed by atoms with E-state index in [0.29, 0.717) is 5.92 Å². The summed E-state index contributed by atoms with van der Waals surface area (Å²) in [6.45, 7) is 9.83. The molecular weight excluding hydrogens is 222 g/mol. The van der Waals surface area contributed by atoms with Crippen LogP contribution < -0.4 is 0 Å². The van der Waals surface area contributed by atoms with Crippen LogP contribution in [0.3, 0.4) is 0 Å². The standard InChI is InChI=1S/C16H27NO/c1-5-11-17(15(4)18)12-10-14(3)16-8-6-13(2)7-9-16/h6,10,16H,5,7-9,11-12H2,1-4H3/b14-10+. The van der Waals surface area contributed by atoms with Gasteiger partial charge in [-0.15, -0.1) is 0 Å². The highest BCUT2D eigenvalue weighted by molar-refractivity contribution is 5.73. The molecule has 2 nitrogen and oxygen atoms in total. The van der Waals surface area contributed by atoms with Gasteiger partial charge in [0, 0.05) is 20.0 Å². The van der Waals surface area contributed by atoms with Crippen LogP contribution in [0.15, 0.2) is 23.3 Å². The van der Waals surface area contributed by atoms with Crippen molar-refractivity contribution in [2.45, 2.75) is 53.4 Å². The van der Waals surface area contributed by atoms with Crippen molar-refractivity contribution < 1.29 is 4.79 Å². The lowest BCUT2D eigenvalue weighted by molar-refractivity contribution is -0.128. The maximum atomic E-state index is 11.5. The van der Waals surface area contributed by atoms with Crippen LogP contribution in [0.2, 0.25) is 0 Å². The minimum Gasteiger partial charge on any atom is -0.339 e. The van der Waals surface area contributed by atoms with Gasteiger partial charge in [-0.2, -0.15) is 0 Å². The molecule has 0 saturated carbocycles. The van der Waals surface area contributed by atoms with E-state index in [1.807, 2.05) is 4.90 Å². The molecule has 1 aliphatic rings. The first kappa shape index (κ1) is 15.0. The predicted molar refractivity (Wildman–Crippen MR) is 77.4 cm³/mol. The van der Waals surface area contributed by atoms with Gasteiger partial charge in [0.05, 0.1) is 0 Å². The van der Waals surface area contributed by atoms with Gasteiger partial charge in [0.25, 0.3) is 0 Å². The Kier molecular flexibility index (Phi) is 6.17. The summed E-state index contributed by atoms with van der Waals surface area (Å²) in [6, 6.07) is 0. The van der Waals surface area contributed by atoms with E-state index in [4.69, 9.17) is 0 Å². The Morgan fingerprint density at radius 2 is 2.22 bits per heavy atom. The van der Waals surface area contributed by atoms with Crippen LogP contribution in [0.25, 0.3) is 0 Å². The third-order valence-corrected chi connectivity index (χ3v) is 3.85. The Labute approximate surface area is 112 Å². The summed E-state index contributed by atoms with van der Waals surface area (Å²) >= 11 is 0. The SMILES string of the molecule is CCCN(C/C=C(\C)C1CC=C(C)CC1)C(C)=O. The number of hydrogen-bond acceptors (Lipinski definition) is 1. The van der Waals surface area contributed by atoms with E-state index in [-0.39, 0.29) is 5.91 Å². The zero-order valence-corrected chi connectivity index (χ0v) is 12.3. The smallest absolute Gasteiger partial charge is 0.219 e. The topological polar surface area (TPSA) is 20.3 Å². The van der Waals surface area contributed by atoms with E-state index in [1.54, 1.807) is 6.92 Å². The number of hydrogen-bond donors (Lipinski definition) is 0. The molecule has 2 heteroatoms. The highest BCUT2D eigenvalue weighted by Gasteiger charge is 2.14. The van der Waals surface area contributed by atoms with Gasteiger partial charge in [-0.05, 0) is 45.4 Å². The van der Waals surface area contributed by atoms with Crippen molar-refractivity contribution in [3.8, 4) is 0 Å². The monoisotopic (exact) mass is 249 g/mol. The second-order valence-corrected chi connectivity index (χ2v) is 5.43. The summed E-state index contributed by atoms with van der Waals surface area (Å²) in [5.41, 5.74) is 2.97. The zero-order chi connectivity index (χ0) is 13.5. The summed E-state index contributed by atoms with van der Waals surface area (Å²) in [4.78, 5) is 13.4. The van der Waals surface area contributed by atoms with Gasteiger partial charge < -0.3 is 4.90 Å². The van der Waals surface area contributed by atoms with E-state index in [2.05, 4.69) is 32.9 Å². The fourth-order valence-corrected chi connectivity index (χ4v) is 2.45. The summed E-state index contributed by atoms with van der Waals surface area (Å²) in [5, 5.41) is 0. The lowest BCUT2D eigenvalue weighted by atomic mass is 9.85. The molecule has 0 bridgehead atoms. The van der Waals surface area contributed by atoms with Crippen molar-refractivity contribution in [2.24, 2.45) is 5.92 Å². The van der Waals surface area contributed by atoms with E-state index in [1.165, 1.54) is 30.4 Å². The Bertz CT molecular complexity index is 341. The summed E-state index contributed by atoms with van der Waals surface area (Å²) in [7, 11) is 0. The second kappa shape index (κ2) is 7.40. The van der Waals surface area contributed by atoms with Gasteiger partial charge in [-0.1, -0.05) is 30.2 Å². The normalized spacial score (nSPS) is 20.6. The van der Waals surface area contributed by atoms with Gasteiger partial charge >= 0.3 is 0 Å². The van der Waals surface area contributed by atoms with Gasteiger partial charge in [-0.3, -0.25) is 4.79 Å². The Morgan fingerprint density at radius 3 is 2.72 bits per heavy atom. The largest absolute Gasteiger partial charge is 0.339 e. The van der Waals surface area contributed by atoms with Crippen molar-refractivity contribution in [1.29, 1.82) is 0 Å². The molecule has 0 fully saturated rings. The number of amides is 1. The molecule has 18 heavy (non-hydrogen) atoms.